The average Bonchev–Trinajstić information content (AvgIpc) is 3.39. The Hall–Kier alpha value is -5.79. The van der Waals surface area contributed by atoms with Gasteiger partial charge < -0.3 is 19.8 Å². The van der Waals surface area contributed by atoms with E-state index in [0.717, 1.165) is 22.3 Å². The van der Waals surface area contributed by atoms with Crippen LogP contribution in [-0.2, 0) is 29.4 Å². The molecular formula is C38H34Cl2N2O11. The Kier molecular flexibility index (Phi) is 11.4. The monoisotopic (exact) mass is 764 g/mol. The van der Waals surface area contributed by atoms with Gasteiger partial charge in [0.05, 0.1) is 10.5 Å². The van der Waals surface area contributed by atoms with Crippen molar-refractivity contribution in [2.45, 2.75) is 58.3 Å². The van der Waals surface area contributed by atoms with Crippen molar-refractivity contribution < 1.29 is 44.2 Å². The molecule has 0 amide bonds. The number of aliphatic hydroxyl groups is 1. The number of aryl methyl sites for hydroxylation is 2. The largest absolute Gasteiger partial charge is 0.507 e. The van der Waals surface area contributed by atoms with Crippen LogP contribution in [0.2, 0.25) is 10.0 Å². The molecule has 1 saturated heterocycles. The van der Waals surface area contributed by atoms with Gasteiger partial charge in [-0.25, -0.2) is 9.59 Å². The third-order valence-electron chi connectivity index (χ3n) is 8.64. The summed E-state index contributed by atoms with van der Waals surface area (Å²) in [7, 11) is 0. The lowest BCUT2D eigenvalue weighted by Gasteiger charge is -2.19. The van der Waals surface area contributed by atoms with Crippen molar-refractivity contribution in [3.05, 3.63) is 143 Å². The second-order valence-electron chi connectivity index (χ2n) is 13.1. The minimum atomic E-state index is -2.56. The molecule has 0 bridgehead atoms. The summed E-state index contributed by atoms with van der Waals surface area (Å²) in [5, 5.41) is 37.2. The van der Waals surface area contributed by atoms with E-state index in [2.05, 4.69) is 0 Å². The Bertz CT molecular complexity index is 2160. The summed E-state index contributed by atoms with van der Waals surface area (Å²) in [6.45, 7) is 9.59. The molecule has 15 heteroatoms. The van der Waals surface area contributed by atoms with E-state index in [1.807, 2.05) is 49.4 Å². The van der Waals surface area contributed by atoms with Gasteiger partial charge in [-0.2, -0.15) is 0 Å². The molecule has 2 aliphatic heterocycles. The summed E-state index contributed by atoms with van der Waals surface area (Å²) in [6, 6.07) is 25.1. The highest BCUT2D eigenvalue weighted by molar-refractivity contribution is 6.31. The van der Waals surface area contributed by atoms with Crippen LogP contribution in [0.15, 0.2) is 90.7 Å². The van der Waals surface area contributed by atoms with E-state index in [1.165, 1.54) is 19.9 Å². The van der Waals surface area contributed by atoms with E-state index >= 15 is 0 Å². The number of carbonyl (C=O) groups is 3. The van der Waals surface area contributed by atoms with Crippen molar-refractivity contribution in [3.8, 4) is 22.3 Å². The molecule has 2 aliphatic rings. The summed E-state index contributed by atoms with van der Waals surface area (Å²) < 4.78 is 10.3. The number of nitro groups is 1. The molecule has 0 aromatic heterocycles. The first-order valence-corrected chi connectivity index (χ1v) is 16.6. The summed E-state index contributed by atoms with van der Waals surface area (Å²) in [6.07, 6.45) is 0. The van der Waals surface area contributed by atoms with E-state index in [1.54, 1.807) is 57.2 Å². The summed E-state index contributed by atoms with van der Waals surface area (Å²) >= 11 is 11.8. The van der Waals surface area contributed by atoms with Crippen LogP contribution in [0.25, 0.3) is 27.8 Å². The van der Waals surface area contributed by atoms with E-state index in [4.69, 9.17) is 48.0 Å². The number of ether oxygens (including phenoxy) is 2. The molecule has 53 heavy (non-hydrogen) atoms. The number of ketones is 1. The Labute approximate surface area is 313 Å². The minimum absolute atomic E-state index is 0.0236. The molecule has 0 aliphatic carbocycles. The summed E-state index contributed by atoms with van der Waals surface area (Å²) in [5.74, 6) is -2.56. The summed E-state index contributed by atoms with van der Waals surface area (Å²) in [4.78, 5) is 57.0. The number of halogens is 2. The van der Waals surface area contributed by atoms with Crippen LogP contribution in [-0.4, -0.2) is 49.2 Å². The third-order valence-corrected chi connectivity index (χ3v) is 9.14. The smallest absolute Gasteiger partial charge is 0.402 e. The maximum atomic E-state index is 12.8. The number of esters is 2. The second kappa shape index (κ2) is 15.1. The number of carbonyl (C=O) groups excluding carboxylic acids is 3. The predicted molar refractivity (Wildman–Crippen MR) is 196 cm³/mol. The van der Waals surface area contributed by atoms with E-state index in [9.17, 15) is 29.6 Å². The fourth-order valence-corrected chi connectivity index (χ4v) is 6.13. The molecule has 4 aromatic rings. The van der Waals surface area contributed by atoms with Crippen LogP contribution in [0.3, 0.4) is 0 Å². The molecule has 2 heterocycles. The normalized spacial score (nSPS) is 18.2. The first kappa shape index (κ1) is 40.0. The van der Waals surface area contributed by atoms with Gasteiger partial charge in [0, 0.05) is 10.0 Å². The van der Waals surface area contributed by atoms with Gasteiger partial charge in [0.1, 0.15) is 5.57 Å². The molecule has 13 nitrogen and oxygen atoms in total. The number of benzene rings is 4. The van der Waals surface area contributed by atoms with Crippen LogP contribution in [0.1, 0.15) is 49.9 Å². The van der Waals surface area contributed by atoms with Gasteiger partial charge in [0.15, 0.2) is 17.0 Å². The van der Waals surface area contributed by atoms with E-state index < -0.39 is 44.5 Å². The van der Waals surface area contributed by atoms with Crippen molar-refractivity contribution >= 4 is 46.5 Å². The molecule has 0 spiro atoms. The molecular weight excluding hydrogens is 731 g/mol. The van der Waals surface area contributed by atoms with Gasteiger partial charge in [0.25, 0.3) is 10.9 Å². The quantitative estimate of drug-likeness (QED) is 0.0859. The second-order valence-corrected chi connectivity index (χ2v) is 14.0. The van der Waals surface area contributed by atoms with Gasteiger partial charge >= 0.3 is 17.5 Å². The Morgan fingerprint density at radius 3 is 1.49 bits per heavy atom. The highest BCUT2D eigenvalue weighted by Gasteiger charge is 2.72. The van der Waals surface area contributed by atoms with Crippen LogP contribution >= 0.6 is 23.2 Å². The molecule has 2 N–H and O–H groups in total. The molecule has 1 fully saturated rings. The van der Waals surface area contributed by atoms with Crippen molar-refractivity contribution in [2.24, 2.45) is 0 Å². The predicted octanol–water partition coefficient (Wildman–Crippen LogP) is 8.26. The van der Waals surface area contributed by atoms with Crippen molar-refractivity contribution in [3.63, 3.8) is 0 Å². The fraction of sp³-hybridized carbons (Fsp3) is 0.237. The Morgan fingerprint density at radius 1 is 0.660 bits per heavy atom. The molecule has 276 valence electrons. The van der Waals surface area contributed by atoms with Crippen LogP contribution in [0.5, 0.6) is 0 Å². The van der Waals surface area contributed by atoms with Crippen LogP contribution in [0.4, 0.5) is 0 Å². The zero-order valence-corrected chi connectivity index (χ0v) is 30.8. The fourth-order valence-electron chi connectivity index (χ4n) is 5.88. The maximum Gasteiger partial charge on any atom is 0.402 e. The van der Waals surface area contributed by atoms with E-state index in [0.29, 0.717) is 26.7 Å². The van der Waals surface area contributed by atoms with Gasteiger partial charge in [-0.3, -0.25) is 14.9 Å². The van der Waals surface area contributed by atoms with Gasteiger partial charge in [0.2, 0.25) is 0 Å². The molecule has 1 atom stereocenters. The number of nitrogens with zero attached hydrogens (tertiary/aromatic N) is 2. The highest BCUT2D eigenvalue weighted by atomic mass is 35.5. The topological polar surface area (TPSA) is 196 Å². The molecule has 0 saturated carbocycles. The van der Waals surface area contributed by atoms with Crippen molar-refractivity contribution in [2.75, 3.05) is 0 Å². The van der Waals surface area contributed by atoms with Gasteiger partial charge in [-0.15, -0.1) is 10.1 Å². The minimum Gasteiger partial charge on any atom is -0.507 e. The number of aliphatic hydroxyl groups excluding tert-OH is 1. The molecule has 1 unspecified atom stereocenters. The number of rotatable bonds is 5. The molecule has 4 aromatic carbocycles. The first-order chi connectivity index (χ1) is 24.6. The number of Topliss-reactive ketones (excluding diaryl/α,β-unsaturated/α-hetero) is 1. The third kappa shape index (κ3) is 8.01. The molecule has 0 radical (unpaired) electrons. The average molecular weight is 766 g/mol. The zero-order chi connectivity index (χ0) is 39.6. The van der Waals surface area contributed by atoms with E-state index in [-0.39, 0.29) is 16.9 Å². The number of cyclic esters (lactones) is 2. The van der Waals surface area contributed by atoms with Crippen LogP contribution < -0.4 is 0 Å². The number of hydrogen-bond donors (Lipinski definition) is 2. The lowest BCUT2D eigenvalue weighted by atomic mass is 9.79. The zero-order valence-electron chi connectivity index (χ0n) is 29.3. The lowest BCUT2D eigenvalue weighted by molar-refractivity contribution is -0.742. The molecule has 6 rings (SSSR count). The Balaban J connectivity index is 0.000000216. The van der Waals surface area contributed by atoms with Gasteiger partial charge in [-0.05, 0) is 117 Å². The highest BCUT2D eigenvalue weighted by Crippen LogP contribution is 2.43. The standard InChI is InChI=1S/C19H16ClNO5.C19H17ClO3.HNO3/c1-11-4-5-13(12-6-8-14(20)9-7-12)10-15(11)19(21(24)25)16(22)18(2,3)26-17(19)23;1-11-4-5-13(12-6-8-14(20)9-7-12)10-15(11)16-17(21)19(2,3)23-18(16)22;2-1(3)4/h4-10H,1-3H3;4-10,21H,1-3H3;(H,2,3,4). The maximum absolute atomic E-state index is 12.8. The SMILES string of the molecule is Cc1ccc(-c2ccc(Cl)cc2)cc1C1([N+](=O)[O-])C(=O)OC(C)(C)C1=O.Cc1ccc(-c2ccc(Cl)cc2)cc1C1=C(O)C(C)(C)OC1=O.O=[N+]([O-])O. The number of hydrogen-bond acceptors (Lipinski definition) is 10. The Morgan fingerprint density at radius 2 is 1.09 bits per heavy atom. The first-order valence-electron chi connectivity index (χ1n) is 15.8. The summed E-state index contributed by atoms with van der Waals surface area (Å²) in [5.41, 5.74) is 0.519. The van der Waals surface area contributed by atoms with Crippen molar-refractivity contribution in [1.82, 2.24) is 0 Å². The lowest BCUT2D eigenvalue weighted by Crippen LogP contribution is -2.49. The van der Waals surface area contributed by atoms with Gasteiger partial charge in [-0.1, -0.05) is 71.7 Å². The van der Waals surface area contributed by atoms with Crippen molar-refractivity contribution in [1.29, 1.82) is 0 Å². The van der Waals surface area contributed by atoms with Crippen LogP contribution in [0, 0.1) is 34.1 Å².